The fourth-order valence-corrected chi connectivity index (χ4v) is 4.14. The molecule has 6 heteroatoms. The van der Waals surface area contributed by atoms with Gasteiger partial charge in [-0.3, -0.25) is 4.57 Å². The number of hydrogen-bond acceptors (Lipinski definition) is 3. The molecule has 0 fully saturated rings. The van der Waals surface area contributed by atoms with Crippen LogP contribution >= 0.6 is 27.5 Å². The number of hydrogen-bond donors (Lipinski definition) is 0. The summed E-state index contributed by atoms with van der Waals surface area (Å²) in [4.78, 5) is 4.76. The lowest BCUT2D eigenvalue weighted by Gasteiger charge is -2.16. The topological polar surface area (TPSA) is 36.3 Å². The standard InChI is InChI=1S/C21H24BrClN2O2/c1-5-13(6-2)15-9-11-18(26-7-3)19-20(15)25(4)21(24-19)27-17-10-8-14(23)12-16(17)22/h8-13H,5-7H2,1-4H3. The van der Waals surface area contributed by atoms with E-state index in [1.165, 1.54) is 5.56 Å². The number of benzene rings is 2. The van der Waals surface area contributed by atoms with E-state index >= 15 is 0 Å². The summed E-state index contributed by atoms with van der Waals surface area (Å²) in [5, 5.41) is 0.647. The summed E-state index contributed by atoms with van der Waals surface area (Å²) in [6, 6.07) is 10.1. The molecule has 0 radical (unpaired) electrons. The summed E-state index contributed by atoms with van der Waals surface area (Å²) in [7, 11) is 1.98. The Kier molecular flexibility index (Phi) is 6.33. The third-order valence-corrected chi connectivity index (χ3v) is 5.65. The van der Waals surface area contributed by atoms with Gasteiger partial charge in [0.1, 0.15) is 17.0 Å². The number of imidazole rings is 1. The first-order chi connectivity index (χ1) is 13.0. The molecule has 2 aromatic carbocycles. The summed E-state index contributed by atoms with van der Waals surface area (Å²) >= 11 is 9.54. The zero-order valence-corrected chi connectivity index (χ0v) is 18.4. The first kappa shape index (κ1) is 20.0. The minimum atomic E-state index is 0.466. The van der Waals surface area contributed by atoms with Crippen molar-refractivity contribution in [2.24, 2.45) is 7.05 Å². The highest BCUT2D eigenvalue weighted by Gasteiger charge is 2.21. The summed E-state index contributed by atoms with van der Waals surface area (Å²) in [5.74, 6) is 1.91. The molecule has 0 aliphatic carbocycles. The molecule has 0 aliphatic rings. The van der Waals surface area contributed by atoms with E-state index < -0.39 is 0 Å². The third-order valence-electron chi connectivity index (χ3n) is 4.80. The maximum absolute atomic E-state index is 6.11. The molecule has 0 bridgehead atoms. The van der Waals surface area contributed by atoms with Crippen molar-refractivity contribution in [1.82, 2.24) is 9.55 Å². The van der Waals surface area contributed by atoms with Crippen LogP contribution in [0.1, 0.15) is 45.1 Å². The van der Waals surface area contributed by atoms with Gasteiger partial charge in [-0.2, -0.15) is 4.98 Å². The molecule has 3 rings (SSSR count). The van der Waals surface area contributed by atoms with Crippen LogP contribution in [0.25, 0.3) is 11.0 Å². The molecule has 1 aromatic heterocycles. The quantitative estimate of drug-likeness (QED) is 0.385. The molecule has 0 unspecified atom stereocenters. The van der Waals surface area contributed by atoms with Crippen LogP contribution in [0, 0.1) is 0 Å². The van der Waals surface area contributed by atoms with Crippen molar-refractivity contribution in [2.75, 3.05) is 6.61 Å². The van der Waals surface area contributed by atoms with Gasteiger partial charge >= 0.3 is 6.01 Å². The van der Waals surface area contributed by atoms with Gasteiger partial charge in [0.25, 0.3) is 0 Å². The number of rotatable bonds is 7. The van der Waals surface area contributed by atoms with Crippen LogP contribution in [0.5, 0.6) is 17.5 Å². The Balaban J connectivity index is 2.15. The van der Waals surface area contributed by atoms with Crippen LogP contribution in [0.2, 0.25) is 5.02 Å². The molecule has 1 heterocycles. The van der Waals surface area contributed by atoms with Gasteiger partial charge in [0, 0.05) is 12.1 Å². The first-order valence-corrected chi connectivity index (χ1v) is 10.4. The normalized spacial score (nSPS) is 11.4. The van der Waals surface area contributed by atoms with Crippen molar-refractivity contribution >= 4 is 38.6 Å². The highest BCUT2D eigenvalue weighted by atomic mass is 79.9. The van der Waals surface area contributed by atoms with Crippen LogP contribution in [0.15, 0.2) is 34.8 Å². The van der Waals surface area contributed by atoms with Gasteiger partial charge in [0.15, 0.2) is 0 Å². The monoisotopic (exact) mass is 450 g/mol. The van der Waals surface area contributed by atoms with Crippen molar-refractivity contribution in [3.05, 3.63) is 45.4 Å². The van der Waals surface area contributed by atoms with Crippen LogP contribution in [0.3, 0.4) is 0 Å². The molecule has 0 saturated carbocycles. The lowest BCUT2D eigenvalue weighted by atomic mass is 9.92. The second-order valence-corrected chi connectivity index (χ2v) is 7.72. The van der Waals surface area contributed by atoms with E-state index in [2.05, 4.69) is 35.8 Å². The van der Waals surface area contributed by atoms with E-state index in [9.17, 15) is 0 Å². The largest absolute Gasteiger partial charge is 0.492 e. The van der Waals surface area contributed by atoms with E-state index in [0.717, 1.165) is 34.1 Å². The molecular weight excluding hydrogens is 428 g/mol. The van der Waals surface area contributed by atoms with Gasteiger partial charge in [-0.05, 0) is 71.4 Å². The molecular formula is C21H24BrClN2O2. The van der Waals surface area contributed by atoms with Crippen LogP contribution in [0.4, 0.5) is 0 Å². The molecule has 144 valence electrons. The van der Waals surface area contributed by atoms with E-state index in [4.69, 9.17) is 26.1 Å². The summed E-state index contributed by atoms with van der Waals surface area (Å²) in [6.45, 7) is 7.00. The molecule has 0 amide bonds. The third kappa shape index (κ3) is 3.94. The summed E-state index contributed by atoms with van der Waals surface area (Å²) in [6.07, 6.45) is 2.15. The fraction of sp³-hybridized carbons (Fsp3) is 0.381. The maximum Gasteiger partial charge on any atom is 0.302 e. The van der Waals surface area contributed by atoms with E-state index in [1.807, 2.05) is 30.7 Å². The Morgan fingerprint density at radius 1 is 1.11 bits per heavy atom. The van der Waals surface area contributed by atoms with E-state index in [1.54, 1.807) is 12.1 Å². The number of ether oxygens (including phenoxy) is 2. The van der Waals surface area contributed by atoms with Crippen LogP contribution in [-0.4, -0.2) is 16.2 Å². The molecule has 0 spiro atoms. The second-order valence-electron chi connectivity index (χ2n) is 6.43. The van der Waals surface area contributed by atoms with Crippen molar-refractivity contribution < 1.29 is 9.47 Å². The molecule has 4 nitrogen and oxygen atoms in total. The average Bonchev–Trinajstić information content (AvgIpc) is 2.97. The zero-order valence-electron chi connectivity index (χ0n) is 16.1. The Bertz CT molecular complexity index is 951. The molecule has 0 atom stereocenters. The minimum Gasteiger partial charge on any atom is -0.492 e. The van der Waals surface area contributed by atoms with Gasteiger partial charge in [-0.15, -0.1) is 0 Å². The van der Waals surface area contributed by atoms with E-state index in [0.29, 0.717) is 29.3 Å². The molecule has 0 aliphatic heterocycles. The Morgan fingerprint density at radius 2 is 1.81 bits per heavy atom. The van der Waals surface area contributed by atoms with Crippen molar-refractivity contribution in [1.29, 1.82) is 0 Å². The zero-order chi connectivity index (χ0) is 19.6. The van der Waals surface area contributed by atoms with Crippen molar-refractivity contribution in [3.8, 4) is 17.5 Å². The number of nitrogens with zero attached hydrogens (tertiary/aromatic N) is 2. The molecule has 0 N–H and O–H groups in total. The number of halogens is 2. The first-order valence-electron chi connectivity index (χ1n) is 9.25. The lowest BCUT2D eigenvalue weighted by Crippen LogP contribution is -2.02. The Hall–Kier alpha value is -1.72. The van der Waals surface area contributed by atoms with Crippen LogP contribution < -0.4 is 9.47 Å². The summed E-state index contributed by atoms with van der Waals surface area (Å²) in [5.41, 5.74) is 3.18. The van der Waals surface area contributed by atoms with Gasteiger partial charge in [-0.1, -0.05) is 31.5 Å². The predicted octanol–water partition coefficient (Wildman–Crippen LogP) is 7.08. The minimum absolute atomic E-state index is 0.466. The molecule has 3 aromatic rings. The van der Waals surface area contributed by atoms with Crippen LogP contribution in [-0.2, 0) is 7.05 Å². The summed E-state index contributed by atoms with van der Waals surface area (Å²) < 4.78 is 14.7. The number of aromatic nitrogens is 2. The highest BCUT2D eigenvalue weighted by Crippen LogP contribution is 2.39. The lowest BCUT2D eigenvalue weighted by molar-refractivity contribution is 0.343. The molecule has 0 saturated heterocycles. The van der Waals surface area contributed by atoms with Crippen molar-refractivity contribution in [2.45, 2.75) is 39.5 Å². The fourth-order valence-electron chi connectivity index (χ4n) is 3.38. The number of fused-ring (bicyclic) bond motifs is 1. The maximum atomic E-state index is 6.11. The van der Waals surface area contributed by atoms with Gasteiger partial charge in [0.05, 0.1) is 16.6 Å². The SMILES string of the molecule is CCOc1ccc(C(CC)CC)c2c1nc(Oc1ccc(Cl)cc1Br)n2C. The smallest absolute Gasteiger partial charge is 0.302 e. The average molecular weight is 452 g/mol. The van der Waals surface area contributed by atoms with E-state index in [-0.39, 0.29) is 0 Å². The Labute approximate surface area is 173 Å². The van der Waals surface area contributed by atoms with Crippen molar-refractivity contribution in [3.63, 3.8) is 0 Å². The Morgan fingerprint density at radius 3 is 2.44 bits per heavy atom. The van der Waals surface area contributed by atoms with Gasteiger partial charge in [-0.25, -0.2) is 0 Å². The van der Waals surface area contributed by atoms with Gasteiger partial charge < -0.3 is 9.47 Å². The molecule has 27 heavy (non-hydrogen) atoms. The predicted molar refractivity (Wildman–Crippen MR) is 114 cm³/mol. The highest BCUT2D eigenvalue weighted by molar-refractivity contribution is 9.10. The second kappa shape index (κ2) is 8.53. The van der Waals surface area contributed by atoms with Gasteiger partial charge in [0.2, 0.25) is 0 Å². The number of aryl methyl sites for hydroxylation is 1.